The minimum Gasteiger partial charge on any atom is -0.381 e. The molecule has 1 fully saturated rings. The third-order valence-electron chi connectivity index (χ3n) is 8.39. The SMILES string of the molecule is CCOCCc1cccc2[nH]c(NC3CCN(CCC(CN(C)C(=O)c4ccc(Cl)cc4)c4ccc(Cl)c(Cl)c4)CC3)nc12. The third kappa shape index (κ3) is 8.46. The smallest absolute Gasteiger partial charge is 0.253 e. The fourth-order valence-electron chi connectivity index (χ4n) is 5.88. The molecule has 3 aromatic carbocycles. The second kappa shape index (κ2) is 15.5. The summed E-state index contributed by atoms with van der Waals surface area (Å²) >= 11 is 18.7. The Kier molecular flexibility index (Phi) is 11.4. The zero-order chi connectivity index (χ0) is 31.1. The summed E-state index contributed by atoms with van der Waals surface area (Å²) in [5.74, 6) is 0.898. The van der Waals surface area contributed by atoms with E-state index in [1.807, 2.05) is 32.2 Å². The average molecular weight is 657 g/mol. The number of ether oxygens (including phenoxy) is 1. The number of amides is 1. The van der Waals surface area contributed by atoms with Gasteiger partial charge >= 0.3 is 0 Å². The van der Waals surface area contributed by atoms with Gasteiger partial charge in [-0.2, -0.15) is 0 Å². The topological polar surface area (TPSA) is 73.5 Å². The van der Waals surface area contributed by atoms with Crippen LogP contribution in [-0.4, -0.2) is 78.2 Å². The highest BCUT2D eigenvalue weighted by Gasteiger charge is 2.24. The van der Waals surface area contributed by atoms with Crippen molar-refractivity contribution in [2.24, 2.45) is 0 Å². The molecular formula is C34H40Cl3N5O2. The Morgan fingerprint density at radius 2 is 1.86 bits per heavy atom. The number of hydrogen-bond acceptors (Lipinski definition) is 5. The fourth-order valence-corrected chi connectivity index (χ4v) is 6.31. The molecule has 0 bridgehead atoms. The molecule has 0 aliphatic carbocycles. The van der Waals surface area contributed by atoms with Gasteiger partial charge in [0.05, 0.1) is 27.7 Å². The number of nitrogens with one attached hydrogen (secondary N) is 2. The molecule has 1 aromatic heterocycles. The molecule has 1 unspecified atom stereocenters. The van der Waals surface area contributed by atoms with Gasteiger partial charge in [-0.3, -0.25) is 4.79 Å². The summed E-state index contributed by atoms with van der Waals surface area (Å²) in [6, 6.07) is 19.4. The summed E-state index contributed by atoms with van der Waals surface area (Å²) < 4.78 is 5.55. The van der Waals surface area contributed by atoms with Crippen LogP contribution in [0.4, 0.5) is 5.95 Å². The van der Waals surface area contributed by atoms with Crippen LogP contribution in [0.5, 0.6) is 0 Å². The minimum absolute atomic E-state index is 0.0365. The van der Waals surface area contributed by atoms with Gasteiger partial charge in [0.15, 0.2) is 0 Å². The van der Waals surface area contributed by atoms with Gasteiger partial charge in [0.25, 0.3) is 5.91 Å². The van der Waals surface area contributed by atoms with Crippen molar-refractivity contribution in [2.45, 2.75) is 44.6 Å². The number of rotatable bonds is 13. The van der Waals surface area contributed by atoms with Crippen molar-refractivity contribution in [3.63, 3.8) is 0 Å². The van der Waals surface area contributed by atoms with Gasteiger partial charge in [0.2, 0.25) is 5.95 Å². The van der Waals surface area contributed by atoms with Crippen molar-refractivity contribution in [1.29, 1.82) is 0 Å². The highest BCUT2D eigenvalue weighted by Crippen LogP contribution is 2.30. The lowest BCUT2D eigenvalue weighted by atomic mass is 9.94. The first kappa shape index (κ1) is 32.6. The number of anilines is 1. The molecule has 44 heavy (non-hydrogen) atoms. The number of para-hydroxylation sites is 1. The molecule has 10 heteroatoms. The molecule has 4 aromatic rings. The highest BCUT2D eigenvalue weighted by molar-refractivity contribution is 6.42. The minimum atomic E-state index is -0.0365. The monoisotopic (exact) mass is 655 g/mol. The molecule has 234 valence electrons. The molecule has 2 N–H and O–H groups in total. The maximum atomic E-state index is 13.2. The third-order valence-corrected chi connectivity index (χ3v) is 9.38. The number of carbonyl (C=O) groups excluding carboxylic acids is 1. The maximum absolute atomic E-state index is 13.2. The molecule has 0 spiro atoms. The number of H-pyrrole nitrogens is 1. The molecule has 7 nitrogen and oxygen atoms in total. The van der Waals surface area contributed by atoms with Crippen LogP contribution < -0.4 is 5.32 Å². The van der Waals surface area contributed by atoms with Gasteiger partial charge in [-0.15, -0.1) is 0 Å². The average Bonchev–Trinajstić information content (AvgIpc) is 3.44. The number of likely N-dealkylation sites (tertiary alicyclic amines) is 1. The number of carbonyl (C=O) groups is 1. The van der Waals surface area contributed by atoms with E-state index in [9.17, 15) is 4.79 Å². The van der Waals surface area contributed by atoms with Crippen molar-refractivity contribution in [1.82, 2.24) is 19.8 Å². The van der Waals surface area contributed by atoms with Crippen LogP contribution in [0.2, 0.25) is 15.1 Å². The number of likely N-dealkylation sites (N-methyl/N-ethyl adjacent to an activating group) is 1. The van der Waals surface area contributed by atoms with Crippen LogP contribution in [0.3, 0.4) is 0 Å². The van der Waals surface area contributed by atoms with Crippen molar-refractivity contribution in [3.05, 3.63) is 92.4 Å². The van der Waals surface area contributed by atoms with Crippen molar-refractivity contribution in [2.75, 3.05) is 51.8 Å². The predicted octanol–water partition coefficient (Wildman–Crippen LogP) is 7.92. The van der Waals surface area contributed by atoms with Crippen LogP contribution in [0, 0.1) is 0 Å². The van der Waals surface area contributed by atoms with E-state index in [1.54, 1.807) is 29.2 Å². The predicted molar refractivity (Wildman–Crippen MR) is 182 cm³/mol. The summed E-state index contributed by atoms with van der Waals surface area (Å²) in [6.45, 7) is 6.91. The standard InChI is InChI=1S/C34H40Cl3N5O2/c1-3-44-20-16-23-5-4-6-31-32(23)40-34(39-31)38-28-14-18-42(19-15-28)17-13-26(25-9-12-29(36)30(37)21-25)22-41(2)33(43)24-7-10-27(35)11-8-24/h4-12,21,26,28H,3,13-20,22H2,1-2H3,(H2,38,39,40). The number of imidazole rings is 1. The molecule has 1 saturated heterocycles. The summed E-state index contributed by atoms with van der Waals surface area (Å²) in [7, 11) is 1.85. The molecule has 1 atom stereocenters. The number of fused-ring (bicyclic) bond motifs is 1. The number of aromatic nitrogens is 2. The Hall–Kier alpha value is -2.81. The van der Waals surface area contributed by atoms with Gasteiger partial charge in [-0.05, 0) is 92.7 Å². The Morgan fingerprint density at radius 1 is 1.09 bits per heavy atom. The number of benzene rings is 3. The fraction of sp³-hybridized carbons (Fsp3) is 0.412. The number of nitrogens with zero attached hydrogens (tertiary/aromatic N) is 3. The molecule has 5 rings (SSSR count). The van der Waals surface area contributed by atoms with E-state index in [0.717, 1.165) is 74.5 Å². The van der Waals surface area contributed by atoms with Gasteiger partial charge < -0.3 is 24.8 Å². The van der Waals surface area contributed by atoms with E-state index in [0.29, 0.717) is 39.8 Å². The van der Waals surface area contributed by atoms with Crippen LogP contribution >= 0.6 is 34.8 Å². The summed E-state index contributed by atoms with van der Waals surface area (Å²) in [5, 5.41) is 5.31. The normalized spacial score (nSPS) is 15.0. The Bertz CT molecular complexity index is 1540. The van der Waals surface area contributed by atoms with E-state index in [2.05, 4.69) is 33.4 Å². The number of piperidine rings is 1. The number of halogens is 3. The summed E-state index contributed by atoms with van der Waals surface area (Å²) in [4.78, 5) is 25.8. The second-order valence-corrected chi connectivity index (χ2v) is 12.7. The summed E-state index contributed by atoms with van der Waals surface area (Å²) in [5.41, 5.74) is 4.96. The van der Waals surface area contributed by atoms with Gasteiger partial charge in [-0.1, -0.05) is 53.0 Å². The molecule has 2 heterocycles. The van der Waals surface area contributed by atoms with E-state index >= 15 is 0 Å². The zero-order valence-electron chi connectivity index (χ0n) is 25.3. The number of hydrogen-bond donors (Lipinski definition) is 2. The van der Waals surface area contributed by atoms with Crippen LogP contribution in [0.1, 0.15) is 53.6 Å². The molecule has 1 amide bonds. The lowest BCUT2D eigenvalue weighted by molar-refractivity contribution is 0.0782. The zero-order valence-corrected chi connectivity index (χ0v) is 27.6. The first-order valence-corrected chi connectivity index (χ1v) is 16.4. The van der Waals surface area contributed by atoms with Gasteiger partial charge in [-0.25, -0.2) is 4.98 Å². The van der Waals surface area contributed by atoms with E-state index in [4.69, 9.17) is 44.5 Å². The van der Waals surface area contributed by atoms with Crippen molar-refractivity contribution < 1.29 is 9.53 Å². The Morgan fingerprint density at radius 3 is 2.59 bits per heavy atom. The van der Waals surface area contributed by atoms with E-state index in [1.165, 1.54) is 5.56 Å². The van der Waals surface area contributed by atoms with Crippen molar-refractivity contribution in [3.8, 4) is 0 Å². The molecule has 1 aliphatic heterocycles. The summed E-state index contributed by atoms with van der Waals surface area (Å²) in [6.07, 6.45) is 3.80. The van der Waals surface area contributed by atoms with Gasteiger partial charge in [0, 0.05) is 55.8 Å². The van der Waals surface area contributed by atoms with Gasteiger partial charge in [0.1, 0.15) is 0 Å². The van der Waals surface area contributed by atoms with Crippen LogP contribution in [0.15, 0.2) is 60.7 Å². The van der Waals surface area contributed by atoms with Crippen molar-refractivity contribution >= 4 is 57.7 Å². The first-order chi connectivity index (χ1) is 21.3. The molecule has 0 saturated carbocycles. The lowest BCUT2D eigenvalue weighted by Gasteiger charge is -2.34. The highest BCUT2D eigenvalue weighted by atomic mass is 35.5. The Balaban J connectivity index is 1.17. The second-order valence-electron chi connectivity index (χ2n) is 11.5. The quantitative estimate of drug-likeness (QED) is 0.143. The molecular weight excluding hydrogens is 617 g/mol. The van der Waals surface area contributed by atoms with Crippen LogP contribution in [-0.2, 0) is 11.2 Å². The largest absolute Gasteiger partial charge is 0.381 e. The lowest BCUT2D eigenvalue weighted by Crippen LogP contribution is -2.40. The van der Waals surface area contributed by atoms with E-state index in [-0.39, 0.29) is 11.8 Å². The first-order valence-electron chi connectivity index (χ1n) is 15.3. The Labute approximate surface area is 274 Å². The van der Waals surface area contributed by atoms with Crippen LogP contribution in [0.25, 0.3) is 11.0 Å². The molecule has 0 radical (unpaired) electrons. The molecule has 1 aliphatic rings. The van der Waals surface area contributed by atoms with E-state index < -0.39 is 0 Å². The maximum Gasteiger partial charge on any atom is 0.253 e. The number of aromatic amines is 1.